The lowest BCUT2D eigenvalue weighted by Gasteiger charge is -2.48. The van der Waals surface area contributed by atoms with Crippen LogP contribution in [0.4, 0.5) is 0 Å². The second-order valence-corrected chi connectivity index (χ2v) is 5.60. The van der Waals surface area contributed by atoms with Gasteiger partial charge in [0.25, 0.3) is 0 Å². The molecule has 0 amide bonds. The van der Waals surface area contributed by atoms with Crippen molar-refractivity contribution < 1.29 is 55.1 Å². The summed E-state index contributed by atoms with van der Waals surface area (Å²) in [5.74, 6) is -2.23. The van der Waals surface area contributed by atoms with E-state index >= 15 is 0 Å². The molecule has 9 atom stereocenters. The number of aliphatic hydroxyl groups excluding tert-OH is 8. The van der Waals surface area contributed by atoms with Gasteiger partial charge in [0.1, 0.15) is 49.3 Å². The summed E-state index contributed by atoms with van der Waals surface area (Å²) in [5, 5.41) is 77.0. The Morgan fingerprint density at radius 1 is 0.913 bits per heavy atom. The molecule has 2 fully saturated rings. The zero-order valence-electron chi connectivity index (χ0n) is 12.0. The van der Waals surface area contributed by atoms with Gasteiger partial charge < -0.3 is 55.1 Å². The zero-order chi connectivity index (χ0) is 17.4. The molecular weight excluding hydrogens is 320 g/mol. The van der Waals surface area contributed by atoms with E-state index in [2.05, 4.69) is 0 Å². The maximum absolute atomic E-state index is 10.00. The van der Waals surface area contributed by atoms with E-state index in [0.717, 1.165) is 0 Å². The van der Waals surface area contributed by atoms with E-state index in [1.54, 1.807) is 0 Å². The lowest BCUT2D eigenvalue weighted by Crippen LogP contribution is -2.68. The Balaban J connectivity index is 2.17. The van der Waals surface area contributed by atoms with Gasteiger partial charge in [-0.25, -0.2) is 0 Å². The fourth-order valence-corrected chi connectivity index (χ4v) is 2.52. The first-order valence-electron chi connectivity index (χ1n) is 7.04. The topological polar surface area (TPSA) is 190 Å². The van der Waals surface area contributed by atoms with E-state index in [9.17, 15) is 35.7 Å². The van der Waals surface area contributed by atoms with Crippen LogP contribution in [0, 0.1) is 0 Å². The van der Waals surface area contributed by atoms with Crippen LogP contribution >= 0.6 is 0 Å². The standard InChI is InChI=1S/C12H22O11/c13-1-5-7(17)8(18)9(19)11(22-5)23-12(3-14)10(20)6(16)4(15)2-21-12/h4-11,13-20H,1-3H2/t4-,5+,6-,7+,8-,9+,10+,11+,12?/m0/s1. The van der Waals surface area contributed by atoms with E-state index in [4.69, 9.17) is 19.3 Å². The van der Waals surface area contributed by atoms with Crippen molar-refractivity contribution in [3.63, 3.8) is 0 Å². The fourth-order valence-electron chi connectivity index (χ4n) is 2.52. The molecule has 2 saturated heterocycles. The molecule has 0 aromatic carbocycles. The molecule has 2 aliphatic rings. The summed E-state index contributed by atoms with van der Waals surface area (Å²) in [6.45, 7) is -2.13. The second-order valence-electron chi connectivity index (χ2n) is 5.60. The van der Waals surface area contributed by atoms with Crippen molar-refractivity contribution in [2.45, 2.75) is 54.8 Å². The quantitative estimate of drug-likeness (QED) is 0.243. The molecular formula is C12H22O11. The molecule has 0 aromatic heterocycles. The van der Waals surface area contributed by atoms with Gasteiger partial charge in [0.15, 0.2) is 6.29 Å². The minimum absolute atomic E-state index is 0.476. The highest BCUT2D eigenvalue weighted by molar-refractivity contribution is 4.95. The van der Waals surface area contributed by atoms with Gasteiger partial charge in [0.05, 0.1) is 13.2 Å². The van der Waals surface area contributed by atoms with Crippen molar-refractivity contribution in [2.24, 2.45) is 0 Å². The van der Waals surface area contributed by atoms with Crippen molar-refractivity contribution >= 4 is 0 Å². The SMILES string of the molecule is OC[C@H]1O[C@H](OC2(CO)OC[C@H](O)[C@H](O)[C@H]2O)[C@H](O)[C@@H](O)[C@@H]1O. The normalized spacial score (nSPS) is 51.7. The summed E-state index contributed by atoms with van der Waals surface area (Å²) in [5.41, 5.74) is 0. The van der Waals surface area contributed by atoms with Crippen LogP contribution in [0.5, 0.6) is 0 Å². The minimum atomic E-state index is -2.23. The molecule has 1 unspecified atom stereocenters. The Bertz CT molecular complexity index is 393. The number of hydrogen-bond acceptors (Lipinski definition) is 11. The highest BCUT2D eigenvalue weighted by Gasteiger charge is 2.55. The predicted molar refractivity (Wildman–Crippen MR) is 68.6 cm³/mol. The molecule has 0 aromatic rings. The minimum Gasteiger partial charge on any atom is -0.394 e. The van der Waals surface area contributed by atoms with Gasteiger partial charge in [0, 0.05) is 0 Å². The van der Waals surface area contributed by atoms with Crippen molar-refractivity contribution in [3.8, 4) is 0 Å². The molecule has 136 valence electrons. The first-order chi connectivity index (χ1) is 10.8. The number of rotatable bonds is 4. The van der Waals surface area contributed by atoms with Gasteiger partial charge in [0.2, 0.25) is 5.79 Å². The van der Waals surface area contributed by atoms with E-state index in [0.29, 0.717) is 0 Å². The molecule has 2 rings (SSSR count). The molecule has 23 heavy (non-hydrogen) atoms. The molecule has 11 heteroatoms. The number of hydrogen-bond donors (Lipinski definition) is 8. The molecule has 0 spiro atoms. The Morgan fingerprint density at radius 3 is 2.13 bits per heavy atom. The van der Waals surface area contributed by atoms with Crippen LogP contribution in [0.3, 0.4) is 0 Å². The average Bonchev–Trinajstić information content (AvgIpc) is 2.56. The molecule has 0 radical (unpaired) electrons. The summed E-state index contributed by atoms with van der Waals surface area (Å²) in [7, 11) is 0. The molecule has 0 aliphatic carbocycles. The highest BCUT2D eigenvalue weighted by atomic mass is 16.8. The van der Waals surface area contributed by atoms with Crippen molar-refractivity contribution in [3.05, 3.63) is 0 Å². The van der Waals surface area contributed by atoms with Crippen molar-refractivity contribution in [1.82, 2.24) is 0 Å². The largest absolute Gasteiger partial charge is 0.394 e. The van der Waals surface area contributed by atoms with Crippen LogP contribution in [0.25, 0.3) is 0 Å². The van der Waals surface area contributed by atoms with Crippen LogP contribution in [0.15, 0.2) is 0 Å². The lowest BCUT2D eigenvalue weighted by molar-refractivity contribution is -0.415. The maximum atomic E-state index is 10.00. The Kier molecular flexibility index (Phi) is 5.92. The first kappa shape index (κ1) is 18.9. The second kappa shape index (κ2) is 7.21. The fraction of sp³-hybridized carbons (Fsp3) is 1.00. The van der Waals surface area contributed by atoms with Gasteiger partial charge in [-0.05, 0) is 0 Å². The van der Waals surface area contributed by atoms with Crippen LogP contribution in [0.1, 0.15) is 0 Å². The first-order valence-corrected chi connectivity index (χ1v) is 7.04. The van der Waals surface area contributed by atoms with Gasteiger partial charge in [-0.1, -0.05) is 0 Å². The summed E-state index contributed by atoms with van der Waals surface area (Å²) in [6.07, 6.45) is -13.0. The Hall–Kier alpha value is -0.440. The number of aliphatic hydroxyl groups is 8. The van der Waals surface area contributed by atoms with Gasteiger partial charge in [-0.15, -0.1) is 0 Å². The smallest absolute Gasteiger partial charge is 0.223 e. The van der Waals surface area contributed by atoms with Gasteiger partial charge in [-0.3, -0.25) is 0 Å². The van der Waals surface area contributed by atoms with Crippen LogP contribution < -0.4 is 0 Å². The predicted octanol–water partition coefficient (Wildman–Crippen LogP) is -5.40. The molecule has 2 heterocycles. The summed E-state index contributed by atoms with van der Waals surface area (Å²) >= 11 is 0. The van der Waals surface area contributed by atoms with Gasteiger partial charge in [-0.2, -0.15) is 0 Å². The molecule has 8 N–H and O–H groups in total. The van der Waals surface area contributed by atoms with Crippen molar-refractivity contribution in [1.29, 1.82) is 0 Å². The van der Waals surface area contributed by atoms with Crippen molar-refractivity contribution in [2.75, 3.05) is 19.8 Å². The Labute approximate surface area is 130 Å². The Morgan fingerprint density at radius 2 is 1.57 bits per heavy atom. The van der Waals surface area contributed by atoms with E-state index in [1.165, 1.54) is 0 Å². The zero-order valence-corrected chi connectivity index (χ0v) is 12.0. The molecule has 11 nitrogen and oxygen atoms in total. The lowest BCUT2D eigenvalue weighted by atomic mass is 9.96. The van der Waals surface area contributed by atoms with E-state index < -0.39 is 74.6 Å². The third kappa shape index (κ3) is 3.36. The van der Waals surface area contributed by atoms with Crippen LogP contribution in [0.2, 0.25) is 0 Å². The molecule has 0 saturated carbocycles. The van der Waals surface area contributed by atoms with E-state index in [1.807, 2.05) is 0 Å². The third-order valence-electron chi connectivity index (χ3n) is 4.05. The monoisotopic (exact) mass is 342 g/mol. The highest BCUT2D eigenvalue weighted by Crippen LogP contribution is 2.32. The number of ether oxygens (including phenoxy) is 3. The van der Waals surface area contributed by atoms with E-state index in [-0.39, 0.29) is 0 Å². The maximum Gasteiger partial charge on any atom is 0.223 e. The summed E-state index contributed by atoms with van der Waals surface area (Å²) in [6, 6.07) is 0. The van der Waals surface area contributed by atoms with Crippen LogP contribution in [-0.2, 0) is 14.2 Å². The summed E-state index contributed by atoms with van der Waals surface area (Å²) in [4.78, 5) is 0. The summed E-state index contributed by atoms with van der Waals surface area (Å²) < 4.78 is 15.4. The van der Waals surface area contributed by atoms with Crippen LogP contribution in [-0.4, -0.2) is 115 Å². The van der Waals surface area contributed by atoms with Gasteiger partial charge >= 0.3 is 0 Å². The third-order valence-corrected chi connectivity index (χ3v) is 4.05. The average molecular weight is 342 g/mol. The molecule has 0 bridgehead atoms. The molecule has 2 aliphatic heterocycles.